The molecule has 0 bridgehead atoms. The van der Waals surface area contributed by atoms with Crippen LogP contribution in [0.5, 0.6) is 0 Å². The summed E-state index contributed by atoms with van der Waals surface area (Å²) in [4.78, 5) is 7.91. The molecule has 3 nitrogen and oxygen atoms in total. The van der Waals surface area contributed by atoms with Crippen LogP contribution >= 0.6 is 11.6 Å². The second-order valence-corrected chi connectivity index (χ2v) is 3.90. The minimum atomic E-state index is -0.383. The molecular formula is C12H11ClFN3. The maximum atomic E-state index is 13.7. The van der Waals surface area contributed by atoms with Crippen LogP contribution in [-0.4, -0.2) is 17.0 Å². The Labute approximate surface area is 104 Å². The third-order valence-electron chi connectivity index (χ3n) is 2.46. The standard InChI is InChI=1S/C12H11ClFN3/c1-15-11(8-4-6-16-7-10(8)14)12-9(13)3-2-5-17-12/h2-7,11,15H,1H3. The smallest absolute Gasteiger partial charge is 0.146 e. The summed E-state index contributed by atoms with van der Waals surface area (Å²) in [5.74, 6) is -0.381. The fraction of sp³-hybridized carbons (Fsp3) is 0.167. The van der Waals surface area contributed by atoms with Gasteiger partial charge in [0.05, 0.1) is 23.0 Å². The molecule has 0 aliphatic rings. The van der Waals surface area contributed by atoms with Crippen molar-refractivity contribution in [1.29, 1.82) is 0 Å². The van der Waals surface area contributed by atoms with Crippen LogP contribution in [0.1, 0.15) is 17.3 Å². The summed E-state index contributed by atoms with van der Waals surface area (Å²) in [6, 6.07) is 4.70. The lowest BCUT2D eigenvalue weighted by Crippen LogP contribution is -2.20. The van der Waals surface area contributed by atoms with Gasteiger partial charge in [-0.05, 0) is 25.2 Å². The SMILES string of the molecule is CNC(c1ccncc1F)c1ncccc1Cl. The number of pyridine rings is 2. The van der Waals surface area contributed by atoms with Crippen molar-refractivity contribution < 1.29 is 4.39 Å². The van der Waals surface area contributed by atoms with Gasteiger partial charge < -0.3 is 5.32 Å². The minimum absolute atomic E-state index is 0.381. The molecule has 0 saturated carbocycles. The molecule has 0 saturated heterocycles. The average molecular weight is 252 g/mol. The Morgan fingerprint density at radius 2 is 2.18 bits per heavy atom. The molecule has 2 aromatic heterocycles. The first-order valence-electron chi connectivity index (χ1n) is 5.11. The number of rotatable bonds is 3. The van der Waals surface area contributed by atoms with Gasteiger partial charge in [-0.3, -0.25) is 9.97 Å². The molecule has 17 heavy (non-hydrogen) atoms. The maximum Gasteiger partial charge on any atom is 0.146 e. The van der Waals surface area contributed by atoms with Crippen LogP contribution in [-0.2, 0) is 0 Å². The Kier molecular flexibility index (Phi) is 3.66. The van der Waals surface area contributed by atoms with E-state index in [4.69, 9.17) is 11.6 Å². The Morgan fingerprint density at radius 3 is 2.82 bits per heavy atom. The molecule has 5 heteroatoms. The molecule has 1 atom stereocenters. The third kappa shape index (κ3) is 2.43. The summed E-state index contributed by atoms with van der Waals surface area (Å²) >= 11 is 6.06. The minimum Gasteiger partial charge on any atom is -0.308 e. The van der Waals surface area contributed by atoms with Gasteiger partial charge in [0.25, 0.3) is 0 Å². The van der Waals surface area contributed by atoms with Crippen molar-refractivity contribution in [2.24, 2.45) is 0 Å². The number of hydrogen-bond donors (Lipinski definition) is 1. The van der Waals surface area contributed by atoms with Crippen LogP contribution < -0.4 is 5.32 Å². The highest BCUT2D eigenvalue weighted by Gasteiger charge is 2.19. The Balaban J connectivity index is 2.48. The average Bonchev–Trinajstić information content (AvgIpc) is 2.34. The monoisotopic (exact) mass is 251 g/mol. The van der Waals surface area contributed by atoms with E-state index in [1.54, 1.807) is 37.6 Å². The van der Waals surface area contributed by atoms with Gasteiger partial charge >= 0.3 is 0 Å². The predicted molar refractivity (Wildman–Crippen MR) is 64.3 cm³/mol. The molecule has 0 aliphatic heterocycles. The fourth-order valence-corrected chi connectivity index (χ4v) is 1.90. The number of nitrogens with zero attached hydrogens (tertiary/aromatic N) is 2. The first-order valence-corrected chi connectivity index (χ1v) is 5.49. The fourth-order valence-electron chi connectivity index (χ4n) is 1.67. The number of aromatic nitrogens is 2. The van der Waals surface area contributed by atoms with E-state index >= 15 is 0 Å². The molecule has 1 N–H and O–H groups in total. The summed E-state index contributed by atoms with van der Waals surface area (Å²) < 4.78 is 13.7. The summed E-state index contributed by atoms with van der Waals surface area (Å²) in [5.41, 5.74) is 1.07. The normalized spacial score (nSPS) is 12.4. The Hall–Kier alpha value is -1.52. The lowest BCUT2D eigenvalue weighted by Gasteiger charge is -2.17. The van der Waals surface area contributed by atoms with Crippen LogP contribution in [0.4, 0.5) is 4.39 Å². The van der Waals surface area contributed by atoms with Gasteiger partial charge in [0.15, 0.2) is 0 Å². The quantitative estimate of drug-likeness (QED) is 0.911. The van der Waals surface area contributed by atoms with Crippen molar-refractivity contribution >= 4 is 11.6 Å². The third-order valence-corrected chi connectivity index (χ3v) is 2.78. The van der Waals surface area contributed by atoms with Crippen LogP contribution in [0.15, 0.2) is 36.8 Å². The second-order valence-electron chi connectivity index (χ2n) is 3.49. The molecule has 0 aliphatic carbocycles. The molecule has 2 heterocycles. The van der Waals surface area contributed by atoms with Gasteiger partial charge in [-0.2, -0.15) is 0 Å². The predicted octanol–water partition coefficient (Wildman–Crippen LogP) is 2.58. The summed E-state index contributed by atoms with van der Waals surface area (Å²) in [6.07, 6.45) is 4.35. The van der Waals surface area contributed by atoms with E-state index in [0.717, 1.165) is 0 Å². The van der Waals surface area contributed by atoms with E-state index in [1.165, 1.54) is 6.20 Å². The summed E-state index contributed by atoms with van der Waals surface area (Å²) in [7, 11) is 1.73. The van der Waals surface area contributed by atoms with E-state index in [9.17, 15) is 4.39 Å². The molecule has 0 spiro atoms. The van der Waals surface area contributed by atoms with Gasteiger partial charge in [-0.25, -0.2) is 4.39 Å². The van der Waals surface area contributed by atoms with Crippen molar-refractivity contribution in [3.05, 3.63) is 58.9 Å². The van der Waals surface area contributed by atoms with Crippen molar-refractivity contribution in [3.63, 3.8) is 0 Å². The van der Waals surface area contributed by atoms with Crippen LogP contribution in [0.3, 0.4) is 0 Å². The van der Waals surface area contributed by atoms with Crippen molar-refractivity contribution in [3.8, 4) is 0 Å². The van der Waals surface area contributed by atoms with E-state index in [1.807, 2.05) is 0 Å². The van der Waals surface area contributed by atoms with Crippen LogP contribution in [0, 0.1) is 5.82 Å². The summed E-state index contributed by atoms with van der Waals surface area (Å²) in [5, 5.41) is 3.50. The molecule has 1 unspecified atom stereocenters. The van der Waals surface area contributed by atoms with Gasteiger partial charge in [0, 0.05) is 18.0 Å². The zero-order valence-electron chi connectivity index (χ0n) is 9.19. The molecular weight excluding hydrogens is 241 g/mol. The van der Waals surface area contributed by atoms with Crippen molar-refractivity contribution in [1.82, 2.24) is 15.3 Å². The van der Waals surface area contributed by atoms with Gasteiger partial charge in [0.1, 0.15) is 5.82 Å². The van der Waals surface area contributed by atoms with Crippen molar-refractivity contribution in [2.75, 3.05) is 7.05 Å². The van der Waals surface area contributed by atoms with Crippen molar-refractivity contribution in [2.45, 2.75) is 6.04 Å². The zero-order valence-corrected chi connectivity index (χ0v) is 9.95. The van der Waals surface area contributed by atoms with E-state index in [0.29, 0.717) is 16.3 Å². The molecule has 88 valence electrons. The number of hydrogen-bond acceptors (Lipinski definition) is 3. The first-order chi connectivity index (χ1) is 8.24. The lowest BCUT2D eigenvalue weighted by molar-refractivity contribution is 0.565. The molecule has 0 aromatic carbocycles. The molecule has 2 rings (SSSR count). The largest absolute Gasteiger partial charge is 0.308 e. The van der Waals surface area contributed by atoms with E-state index in [-0.39, 0.29) is 11.9 Å². The highest BCUT2D eigenvalue weighted by atomic mass is 35.5. The van der Waals surface area contributed by atoms with Gasteiger partial charge in [-0.15, -0.1) is 0 Å². The lowest BCUT2D eigenvalue weighted by atomic mass is 10.0. The Bertz CT molecular complexity index is 473. The highest BCUT2D eigenvalue weighted by Crippen LogP contribution is 2.26. The summed E-state index contributed by atoms with van der Waals surface area (Å²) in [6.45, 7) is 0. The zero-order chi connectivity index (χ0) is 12.3. The van der Waals surface area contributed by atoms with E-state index < -0.39 is 0 Å². The van der Waals surface area contributed by atoms with Gasteiger partial charge in [0.2, 0.25) is 0 Å². The van der Waals surface area contributed by atoms with Crippen LogP contribution in [0.25, 0.3) is 0 Å². The number of halogens is 2. The first kappa shape index (κ1) is 12.0. The molecule has 0 fully saturated rings. The maximum absolute atomic E-state index is 13.7. The highest BCUT2D eigenvalue weighted by molar-refractivity contribution is 6.31. The van der Waals surface area contributed by atoms with Gasteiger partial charge in [-0.1, -0.05) is 11.6 Å². The number of nitrogens with one attached hydrogen (secondary N) is 1. The van der Waals surface area contributed by atoms with Crippen LogP contribution in [0.2, 0.25) is 5.02 Å². The topological polar surface area (TPSA) is 37.8 Å². The Morgan fingerprint density at radius 1 is 1.35 bits per heavy atom. The second kappa shape index (κ2) is 5.21. The molecule has 0 radical (unpaired) electrons. The van der Waals surface area contributed by atoms with E-state index in [2.05, 4.69) is 15.3 Å². The molecule has 2 aromatic rings. The molecule has 0 amide bonds.